The number of amides is 1. The molecule has 0 radical (unpaired) electrons. The Balaban J connectivity index is 2.32. The van der Waals surface area contributed by atoms with E-state index in [2.05, 4.69) is 13.8 Å². The Kier molecular flexibility index (Phi) is 27.6. The Morgan fingerprint density at radius 3 is 1.24 bits per heavy atom. The van der Waals surface area contributed by atoms with Gasteiger partial charge in [0.1, 0.15) is 24.4 Å². The van der Waals surface area contributed by atoms with E-state index in [4.69, 9.17) is 4.74 Å². The molecule has 268 valence electrons. The number of aliphatic hydroxyl groups is 4. The standard InChI is InChI=1S/C38H75NO6/c1-3-5-7-9-11-13-15-16-17-18-19-21-23-25-27-29-31-39(38-37(44)36(43)35(42)33(32-40)45-38)34(41)30-28-26-24-22-20-14-12-10-8-6-4-2/h33,35-38,40,42-44H,3-32H2,1-2H3/t33-,35-,36+,37-,38?/m1/s1. The first-order chi connectivity index (χ1) is 22.0. The SMILES string of the molecule is CCCCCCCCCCCCCCCCCCN(C(=O)CCCCCCCCCCCCC)C1O[C@H](CO)[C@@H](O)[C@H](O)[C@H]1O. The summed E-state index contributed by atoms with van der Waals surface area (Å²) in [6.07, 6.45) is 27.8. The molecule has 0 aromatic carbocycles. The van der Waals surface area contributed by atoms with Gasteiger partial charge in [-0.1, -0.05) is 174 Å². The van der Waals surface area contributed by atoms with Gasteiger partial charge >= 0.3 is 0 Å². The lowest BCUT2D eigenvalue weighted by Crippen LogP contribution is -2.64. The Labute approximate surface area is 277 Å². The zero-order valence-electron chi connectivity index (χ0n) is 29.7. The van der Waals surface area contributed by atoms with Crippen molar-refractivity contribution in [2.24, 2.45) is 0 Å². The molecule has 0 aromatic heterocycles. The largest absolute Gasteiger partial charge is 0.394 e. The van der Waals surface area contributed by atoms with Gasteiger partial charge in [0.25, 0.3) is 0 Å². The maximum absolute atomic E-state index is 13.4. The van der Waals surface area contributed by atoms with Crippen molar-refractivity contribution >= 4 is 5.91 Å². The number of carbonyl (C=O) groups is 1. The van der Waals surface area contributed by atoms with Gasteiger partial charge in [-0.15, -0.1) is 0 Å². The van der Waals surface area contributed by atoms with Crippen molar-refractivity contribution in [1.29, 1.82) is 0 Å². The number of unbranched alkanes of at least 4 members (excludes halogenated alkanes) is 25. The van der Waals surface area contributed by atoms with Crippen LogP contribution in [0.25, 0.3) is 0 Å². The third-order valence-corrected chi connectivity index (χ3v) is 9.74. The number of hydrogen-bond acceptors (Lipinski definition) is 6. The van der Waals surface area contributed by atoms with Crippen LogP contribution in [-0.2, 0) is 9.53 Å². The summed E-state index contributed by atoms with van der Waals surface area (Å²) in [7, 11) is 0. The van der Waals surface area contributed by atoms with Crippen LogP contribution >= 0.6 is 0 Å². The molecule has 4 N–H and O–H groups in total. The number of carbonyl (C=O) groups excluding carboxylic acids is 1. The summed E-state index contributed by atoms with van der Waals surface area (Å²) in [6.45, 7) is 4.47. The van der Waals surface area contributed by atoms with Gasteiger partial charge in [-0.05, 0) is 12.8 Å². The van der Waals surface area contributed by atoms with Crippen molar-refractivity contribution in [1.82, 2.24) is 4.90 Å². The fourth-order valence-electron chi connectivity index (χ4n) is 6.65. The quantitative estimate of drug-likeness (QED) is 0.0565. The lowest BCUT2D eigenvalue weighted by Gasteiger charge is -2.44. The molecular weight excluding hydrogens is 566 g/mol. The summed E-state index contributed by atoms with van der Waals surface area (Å²) in [5, 5.41) is 41.0. The second-order valence-electron chi connectivity index (χ2n) is 13.9. The fraction of sp³-hybridized carbons (Fsp3) is 0.974. The van der Waals surface area contributed by atoms with Crippen molar-refractivity contribution in [3.63, 3.8) is 0 Å². The van der Waals surface area contributed by atoms with Gasteiger partial charge in [-0.3, -0.25) is 4.79 Å². The first-order valence-corrected chi connectivity index (χ1v) is 19.6. The Morgan fingerprint density at radius 2 is 0.867 bits per heavy atom. The fourth-order valence-corrected chi connectivity index (χ4v) is 6.65. The predicted molar refractivity (Wildman–Crippen MR) is 186 cm³/mol. The summed E-state index contributed by atoms with van der Waals surface area (Å²) in [5.41, 5.74) is 0. The molecule has 7 nitrogen and oxygen atoms in total. The molecule has 1 aliphatic heterocycles. The van der Waals surface area contributed by atoms with Gasteiger partial charge < -0.3 is 30.1 Å². The molecule has 45 heavy (non-hydrogen) atoms. The maximum Gasteiger partial charge on any atom is 0.224 e. The minimum Gasteiger partial charge on any atom is -0.394 e. The third-order valence-electron chi connectivity index (χ3n) is 9.74. The molecule has 0 aromatic rings. The first kappa shape index (κ1) is 42.3. The van der Waals surface area contributed by atoms with Crippen molar-refractivity contribution < 1.29 is 30.0 Å². The van der Waals surface area contributed by atoms with E-state index in [-0.39, 0.29) is 5.91 Å². The minimum atomic E-state index is -1.47. The highest BCUT2D eigenvalue weighted by Gasteiger charge is 2.46. The monoisotopic (exact) mass is 642 g/mol. The van der Waals surface area contributed by atoms with Crippen LogP contribution in [0.2, 0.25) is 0 Å². The molecule has 1 aliphatic rings. The molecule has 1 fully saturated rings. The highest BCUT2D eigenvalue weighted by atomic mass is 16.6. The zero-order chi connectivity index (χ0) is 33.0. The Morgan fingerprint density at radius 1 is 0.511 bits per heavy atom. The number of ether oxygens (including phenoxy) is 1. The van der Waals surface area contributed by atoms with Crippen LogP contribution in [0.15, 0.2) is 0 Å². The van der Waals surface area contributed by atoms with Gasteiger partial charge in [-0.25, -0.2) is 0 Å². The van der Waals surface area contributed by atoms with E-state index in [1.807, 2.05) is 0 Å². The number of nitrogens with zero attached hydrogens (tertiary/aromatic N) is 1. The molecule has 1 unspecified atom stereocenters. The van der Waals surface area contributed by atoms with Crippen LogP contribution in [0.3, 0.4) is 0 Å². The average Bonchev–Trinajstić information content (AvgIpc) is 3.04. The molecular formula is C38H75NO6. The molecule has 7 heteroatoms. The summed E-state index contributed by atoms with van der Waals surface area (Å²) in [4.78, 5) is 14.9. The molecule has 1 saturated heterocycles. The topological polar surface area (TPSA) is 110 Å². The lowest BCUT2D eigenvalue weighted by atomic mass is 9.97. The molecule has 1 heterocycles. The Bertz CT molecular complexity index is 662. The second kappa shape index (κ2) is 29.4. The predicted octanol–water partition coefficient (Wildman–Crippen LogP) is 8.58. The van der Waals surface area contributed by atoms with E-state index < -0.39 is 37.3 Å². The van der Waals surface area contributed by atoms with Crippen LogP contribution in [0.1, 0.15) is 194 Å². The van der Waals surface area contributed by atoms with Gasteiger partial charge in [0.15, 0.2) is 6.23 Å². The number of hydrogen-bond donors (Lipinski definition) is 4. The van der Waals surface area contributed by atoms with Gasteiger partial charge in [0.05, 0.1) is 6.61 Å². The molecule has 5 atom stereocenters. The van der Waals surface area contributed by atoms with E-state index in [1.54, 1.807) is 4.90 Å². The minimum absolute atomic E-state index is 0.0868. The summed E-state index contributed by atoms with van der Waals surface area (Å²) >= 11 is 0. The van der Waals surface area contributed by atoms with E-state index in [9.17, 15) is 25.2 Å². The molecule has 0 aliphatic carbocycles. The van der Waals surface area contributed by atoms with Gasteiger partial charge in [-0.2, -0.15) is 0 Å². The van der Waals surface area contributed by atoms with Gasteiger partial charge in [0, 0.05) is 13.0 Å². The second-order valence-corrected chi connectivity index (χ2v) is 13.9. The third kappa shape index (κ3) is 20.3. The van der Waals surface area contributed by atoms with Crippen molar-refractivity contribution in [3.05, 3.63) is 0 Å². The average molecular weight is 642 g/mol. The van der Waals surface area contributed by atoms with Crippen LogP contribution in [0.4, 0.5) is 0 Å². The normalized spacial score (nSPS) is 21.8. The Hall–Kier alpha value is -0.730. The molecule has 1 amide bonds. The van der Waals surface area contributed by atoms with Crippen LogP contribution in [0.5, 0.6) is 0 Å². The highest BCUT2D eigenvalue weighted by Crippen LogP contribution is 2.25. The number of aliphatic hydroxyl groups excluding tert-OH is 4. The highest BCUT2D eigenvalue weighted by molar-refractivity contribution is 5.76. The maximum atomic E-state index is 13.4. The molecule has 0 saturated carbocycles. The van der Waals surface area contributed by atoms with Crippen LogP contribution in [-0.4, -0.2) is 75.0 Å². The molecule has 1 rings (SSSR count). The van der Waals surface area contributed by atoms with E-state index in [0.29, 0.717) is 13.0 Å². The molecule has 0 spiro atoms. The van der Waals surface area contributed by atoms with Crippen molar-refractivity contribution in [3.8, 4) is 0 Å². The first-order valence-electron chi connectivity index (χ1n) is 19.6. The zero-order valence-corrected chi connectivity index (χ0v) is 29.7. The number of rotatable bonds is 31. The van der Waals surface area contributed by atoms with E-state index in [1.165, 1.54) is 135 Å². The smallest absolute Gasteiger partial charge is 0.224 e. The van der Waals surface area contributed by atoms with Crippen molar-refractivity contribution in [2.75, 3.05) is 13.2 Å². The van der Waals surface area contributed by atoms with Crippen LogP contribution < -0.4 is 0 Å². The van der Waals surface area contributed by atoms with Crippen LogP contribution in [0, 0.1) is 0 Å². The van der Waals surface area contributed by atoms with E-state index in [0.717, 1.165) is 38.5 Å². The lowest BCUT2D eigenvalue weighted by molar-refractivity contribution is -0.262. The van der Waals surface area contributed by atoms with E-state index >= 15 is 0 Å². The van der Waals surface area contributed by atoms with Gasteiger partial charge in [0.2, 0.25) is 5.91 Å². The summed E-state index contributed by atoms with van der Waals surface area (Å²) in [6, 6.07) is 0. The summed E-state index contributed by atoms with van der Waals surface area (Å²) in [5.74, 6) is -0.0868. The van der Waals surface area contributed by atoms with Crippen molar-refractivity contribution in [2.45, 2.75) is 224 Å². The summed E-state index contributed by atoms with van der Waals surface area (Å²) < 4.78 is 5.80. The molecule has 0 bridgehead atoms.